The van der Waals surface area contributed by atoms with Gasteiger partial charge in [0.05, 0.1) is 5.38 Å². The van der Waals surface area contributed by atoms with Crippen LogP contribution in [0, 0.1) is 12.7 Å². The van der Waals surface area contributed by atoms with Gasteiger partial charge in [-0.15, -0.1) is 11.6 Å². The van der Waals surface area contributed by atoms with E-state index in [9.17, 15) is 4.39 Å². The molecule has 1 heterocycles. The second-order valence-corrected chi connectivity index (χ2v) is 6.71. The lowest BCUT2D eigenvalue weighted by molar-refractivity contribution is 0.138. The minimum atomic E-state index is -0.278. The summed E-state index contributed by atoms with van der Waals surface area (Å²) in [4.78, 5) is 0. The van der Waals surface area contributed by atoms with Crippen molar-refractivity contribution in [3.63, 3.8) is 0 Å². The van der Waals surface area contributed by atoms with E-state index in [0.29, 0.717) is 0 Å². The minimum Gasteiger partial charge on any atom is -0.487 e. The molecule has 2 aromatic carbocycles. The number of benzene rings is 2. The smallest absolute Gasteiger partial charge is 0.123 e. The van der Waals surface area contributed by atoms with Crippen molar-refractivity contribution in [1.29, 1.82) is 0 Å². The summed E-state index contributed by atoms with van der Waals surface area (Å²) in [5, 5.41) is -0.278. The van der Waals surface area contributed by atoms with Gasteiger partial charge in [0.15, 0.2) is 0 Å². The fourth-order valence-corrected chi connectivity index (χ4v) is 3.27. The Morgan fingerprint density at radius 2 is 1.95 bits per heavy atom. The number of hydrogen-bond acceptors (Lipinski definition) is 1. The lowest BCUT2D eigenvalue weighted by Crippen LogP contribution is -2.24. The van der Waals surface area contributed by atoms with Crippen LogP contribution in [-0.2, 0) is 6.42 Å². The van der Waals surface area contributed by atoms with Gasteiger partial charge in [-0.3, -0.25) is 0 Å². The molecule has 0 radical (unpaired) electrons. The molecule has 0 spiro atoms. The van der Waals surface area contributed by atoms with Gasteiger partial charge in [0.25, 0.3) is 0 Å². The van der Waals surface area contributed by atoms with Crippen LogP contribution >= 0.6 is 11.6 Å². The van der Waals surface area contributed by atoms with E-state index in [4.69, 9.17) is 16.3 Å². The number of fused-ring (bicyclic) bond motifs is 1. The summed E-state index contributed by atoms with van der Waals surface area (Å²) >= 11 is 6.60. The van der Waals surface area contributed by atoms with E-state index in [0.717, 1.165) is 28.9 Å². The third-order valence-corrected chi connectivity index (χ3v) is 4.37. The van der Waals surface area contributed by atoms with Crippen LogP contribution in [0.4, 0.5) is 4.39 Å². The molecule has 1 aliphatic heterocycles. The van der Waals surface area contributed by atoms with Crippen LogP contribution in [0.5, 0.6) is 5.75 Å². The average molecular weight is 305 g/mol. The molecule has 21 heavy (non-hydrogen) atoms. The highest BCUT2D eigenvalue weighted by atomic mass is 35.5. The molecule has 1 atom stereocenters. The van der Waals surface area contributed by atoms with Crippen molar-refractivity contribution in [2.75, 3.05) is 0 Å². The van der Waals surface area contributed by atoms with Crippen molar-refractivity contribution in [3.8, 4) is 5.75 Å². The Bertz CT molecular complexity index is 694. The highest BCUT2D eigenvalue weighted by molar-refractivity contribution is 6.22. The van der Waals surface area contributed by atoms with Gasteiger partial charge in [-0.1, -0.05) is 18.2 Å². The first kappa shape index (κ1) is 14.4. The molecule has 110 valence electrons. The SMILES string of the molecule is Cc1cc(F)ccc1C(Cl)c1ccc2c(c1)CC(C)(C)O2. The molecule has 0 aliphatic carbocycles. The molecule has 0 saturated carbocycles. The van der Waals surface area contributed by atoms with Crippen LogP contribution in [0.3, 0.4) is 0 Å². The summed E-state index contributed by atoms with van der Waals surface area (Å²) in [5.74, 6) is 0.702. The second-order valence-electron chi connectivity index (χ2n) is 6.27. The summed E-state index contributed by atoms with van der Waals surface area (Å²) in [7, 11) is 0. The van der Waals surface area contributed by atoms with Crippen molar-refractivity contribution in [2.24, 2.45) is 0 Å². The first-order valence-electron chi connectivity index (χ1n) is 7.08. The molecule has 1 nitrogen and oxygen atoms in total. The first-order valence-corrected chi connectivity index (χ1v) is 7.51. The molecule has 0 aromatic heterocycles. The molecule has 3 rings (SSSR count). The maximum Gasteiger partial charge on any atom is 0.123 e. The third-order valence-electron chi connectivity index (χ3n) is 3.88. The van der Waals surface area contributed by atoms with Gasteiger partial charge >= 0.3 is 0 Å². The number of halogens is 2. The van der Waals surface area contributed by atoms with Gasteiger partial charge in [-0.2, -0.15) is 0 Å². The van der Waals surface area contributed by atoms with E-state index in [1.54, 1.807) is 6.07 Å². The van der Waals surface area contributed by atoms with Crippen LogP contribution in [-0.4, -0.2) is 5.60 Å². The summed E-state index contributed by atoms with van der Waals surface area (Å²) in [6.45, 7) is 6.04. The first-order chi connectivity index (χ1) is 9.85. The zero-order valence-corrected chi connectivity index (χ0v) is 13.2. The van der Waals surface area contributed by atoms with Crippen molar-refractivity contribution in [2.45, 2.75) is 38.2 Å². The topological polar surface area (TPSA) is 9.23 Å². The number of aryl methyl sites for hydroxylation is 1. The Morgan fingerprint density at radius 1 is 1.19 bits per heavy atom. The minimum absolute atomic E-state index is 0.158. The highest BCUT2D eigenvalue weighted by Crippen LogP contribution is 2.39. The summed E-state index contributed by atoms with van der Waals surface area (Å²) in [6, 6.07) is 10.8. The van der Waals surface area contributed by atoms with E-state index in [-0.39, 0.29) is 16.8 Å². The van der Waals surface area contributed by atoms with Crippen molar-refractivity contribution >= 4 is 11.6 Å². The van der Waals surface area contributed by atoms with E-state index >= 15 is 0 Å². The van der Waals surface area contributed by atoms with Gasteiger partial charge < -0.3 is 4.74 Å². The molecular weight excluding hydrogens is 287 g/mol. The predicted octanol–water partition coefficient (Wildman–Crippen LogP) is 5.18. The summed E-state index contributed by atoms with van der Waals surface area (Å²) < 4.78 is 19.1. The third kappa shape index (κ3) is 2.77. The normalized spacial score (nSPS) is 17.2. The fourth-order valence-electron chi connectivity index (χ4n) is 2.89. The number of ether oxygens (including phenoxy) is 1. The van der Waals surface area contributed by atoms with Gasteiger partial charge in [0.2, 0.25) is 0 Å². The Balaban J connectivity index is 1.95. The van der Waals surface area contributed by atoms with Gasteiger partial charge in [-0.05, 0) is 61.2 Å². The molecule has 0 bridgehead atoms. The van der Waals surface area contributed by atoms with Crippen LogP contribution in [0.25, 0.3) is 0 Å². The molecule has 0 N–H and O–H groups in total. The lowest BCUT2D eigenvalue weighted by Gasteiger charge is -2.16. The lowest BCUT2D eigenvalue weighted by atomic mass is 9.96. The second kappa shape index (κ2) is 5.03. The Hall–Kier alpha value is -1.54. The van der Waals surface area contributed by atoms with Crippen molar-refractivity contribution < 1.29 is 9.13 Å². The van der Waals surface area contributed by atoms with Crippen molar-refractivity contribution in [1.82, 2.24) is 0 Å². The number of rotatable bonds is 2. The van der Waals surface area contributed by atoms with E-state index in [1.165, 1.54) is 17.7 Å². The predicted molar refractivity (Wildman–Crippen MR) is 83.7 cm³/mol. The van der Waals surface area contributed by atoms with Gasteiger partial charge in [0.1, 0.15) is 17.2 Å². The quantitative estimate of drug-likeness (QED) is 0.695. The zero-order valence-electron chi connectivity index (χ0n) is 12.4. The largest absolute Gasteiger partial charge is 0.487 e. The molecule has 1 unspecified atom stereocenters. The maximum absolute atomic E-state index is 13.2. The van der Waals surface area contributed by atoms with E-state index in [2.05, 4.69) is 19.9 Å². The summed E-state index contributed by atoms with van der Waals surface area (Å²) in [5.41, 5.74) is 3.85. The fraction of sp³-hybridized carbons (Fsp3) is 0.333. The molecule has 0 fully saturated rings. The highest BCUT2D eigenvalue weighted by Gasteiger charge is 2.30. The van der Waals surface area contributed by atoms with Crippen LogP contribution in [0.15, 0.2) is 36.4 Å². The Morgan fingerprint density at radius 3 is 2.67 bits per heavy atom. The van der Waals surface area contributed by atoms with Crippen LogP contribution in [0.2, 0.25) is 0 Å². The maximum atomic E-state index is 13.2. The average Bonchev–Trinajstić information content (AvgIpc) is 2.70. The van der Waals surface area contributed by atoms with Gasteiger partial charge in [-0.25, -0.2) is 4.39 Å². The van der Waals surface area contributed by atoms with Crippen LogP contribution < -0.4 is 4.74 Å². The zero-order chi connectivity index (χ0) is 15.2. The Labute approximate surface area is 129 Å². The standard InChI is InChI=1S/C18H18ClFO/c1-11-8-14(20)5-6-15(11)17(19)12-4-7-16-13(9-12)10-18(2,3)21-16/h4-9,17H,10H2,1-3H3. The van der Waals surface area contributed by atoms with Crippen LogP contribution in [0.1, 0.15) is 41.5 Å². The van der Waals surface area contributed by atoms with E-state index in [1.807, 2.05) is 19.1 Å². The Kier molecular flexibility index (Phi) is 3.45. The molecule has 0 saturated heterocycles. The molecule has 2 aromatic rings. The van der Waals surface area contributed by atoms with Gasteiger partial charge in [0, 0.05) is 6.42 Å². The monoisotopic (exact) mass is 304 g/mol. The number of hydrogen-bond donors (Lipinski definition) is 0. The summed E-state index contributed by atoms with van der Waals surface area (Å²) in [6.07, 6.45) is 0.877. The molecule has 0 amide bonds. The number of alkyl halides is 1. The molecule has 1 aliphatic rings. The molecular formula is C18H18ClFO. The van der Waals surface area contributed by atoms with Crippen molar-refractivity contribution in [3.05, 3.63) is 64.5 Å². The van der Waals surface area contributed by atoms with E-state index < -0.39 is 0 Å². The molecule has 3 heteroatoms.